The maximum Gasteiger partial charge on any atom is 0.278 e. The number of benzene rings is 1. The van der Waals surface area contributed by atoms with Crippen LogP contribution in [0.25, 0.3) is 0 Å². The maximum absolute atomic E-state index is 14.1. The summed E-state index contributed by atoms with van der Waals surface area (Å²) >= 11 is 0. The van der Waals surface area contributed by atoms with Gasteiger partial charge in [0, 0.05) is 36.6 Å². The first kappa shape index (κ1) is 19.8. The van der Waals surface area contributed by atoms with Gasteiger partial charge in [0.05, 0.1) is 5.69 Å². The van der Waals surface area contributed by atoms with Crippen LogP contribution in [0.4, 0.5) is 4.39 Å². The molecule has 0 unspecified atom stereocenters. The highest BCUT2D eigenvalue weighted by atomic mass is 19.1. The Morgan fingerprint density at radius 1 is 1.12 bits per heavy atom. The first-order chi connectivity index (χ1) is 15.5. The average molecular weight is 434 g/mol. The van der Waals surface area contributed by atoms with Crippen LogP contribution in [0.1, 0.15) is 27.8 Å². The molecule has 2 bridgehead atoms. The molecule has 1 amide bonds. The summed E-state index contributed by atoms with van der Waals surface area (Å²) in [6.45, 7) is 0.556. The molecule has 8 nitrogen and oxygen atoms in total. The zero-order valence-corrected chi connectivity index (χ0v) is 16.9. The van der Waals surface area contributed by atoms with E-state index in [0.29, 0.717) is 17.0 Å². The van der Waals surface area contributed by atoms with Gasteiger partial charge in [-0.3, -0.25) is 24.3 Å². The molecule has 0 saturated heterocycles. The van der Waals surface area contributed by atoms with Crippen molar-refractivity contribution >= 4 is 5.91 Å². The first-order valence-electron chi connectivity index (χ1n) is 10.0. The molecular formula is C23H19FN4O4. The summed E-state index contributed by atoms with van der Waals surface area (Å²) in [4.78, 5) is 31.3. The second-order valence-corrected chi connectivity index (χ2v) is 7.45. The summed E-state index contributed by atoms with van der Waals surface area (Å²) in [5.41, 5.74) is 0.460. The van der Waals surface area contributed by atoms with Crippen LogP contribution < -0.4 is 15.2 Å². The number of halogens is 1. The number of nitrogens with zero attached hydrogens (tertiary/aromatic N) is 4. The minimum absolute atomic E-state index is 0.135. The van der Waals surface area contributed by atoms with E-state index in [1.807, 2.05) is 12.1 Å². The molecule has 162 valence electrons. The number of hydrogen-bond acceptors (Lipinski definition) is 6. The molecule has 5 rings (SSSR count). The number of rotatable bonds is 1. The van der Waals surface area contributed by atoms with Crippen molar-refractivity contribution in [2.45, 2.75) is 6.04 Å². The third kappa shape index (κ3) is 3.27. The van der Waals surface area contributed by atoms with E-state index in [-0.39, 0.29) is 25.5 Å². The lowest BCUT2D eigenvalue weighted by Gasteiger charge is -2.43. The Morgan fingerprint density at radius 3 is 2.81 bits per heavy atom. The predicted molar refractivity (Wildman–Crippen MR) is 114 cm³/mol. The van der Waals surface area contributed by atoms with Crippen LogP contribution in [0.2, 0.25) is 0 Å². The van der Waals surface area contributed by atoms with Crippen LogP contribution in [0.3, 0.4) is 0 Å². The number of fused-ring (bicyclic) bond motifs is 5. The molecule has 2 aliphatic heterocycles. The number of aromatic nitrogens is 2. The van der Waals surface area contributed by atoms with Crippen molar-refractivity contribution in [1.82, 2.24) is 14.6 Å². The van der Waals surface area contributed by atoms with Crippen molar-refractivity contribution in [3.05, 3.63) is 100 Å². The van der Waals surface area contributed by atoms with E-state index < -0.39 is 28.9 Å². The van der Waals surface area contributed by atoms with Crippen LogP contribution in [0.15, 0.2) is 71.8 Å². The molecule has 0 fully saturated rings. The van der Waals surface area contributed by atoms with E-state index in [9.17, 15) is 19.1 Å². The summed E-state index contributed by atoms with van der Waals surface area (Å²) in [5.74, 6) is -1.20. The Hall–Kier alpha value is -4.14. The lowest BCUT2D eigenvalue weighted by Crippen LogP contribution is -2.55. The van der Waals surface area contributed by atoms with Gasteiger partial charge in [-0.05, 0) is 30.3 Å². The Morgan fingerprint density at radius 2 is 2.00 bits per heavy atom. The van der Waals surface area contributed by atoms with Crippen LogP contribution in [0, 0.1) is 5.82 Å². The second-order valence-electron chi connectivity index (χ2n) is 7.45. The van der Waals surface area contributed by atoms with Crippen molar-refractivity contribution in [2.24, 2.45) is 0 Å². The third-order valence-corrected chi connectivity index (χ3v) is 5.50. The summed E-state index contributed by atoms with van der Waals surface area (Å²) in [6.07, 6.45) is 6.58. The largest absolute Gasteiger partial charge is 0.502 e. The fraction of sp³-hybridized carbons (Fsp3) is 0.174. The Kier molecular flexibility index (Phi) is 4.85. The van der Waals surface area contributed by atoms with Crippen molar-refractivity contribution in [3.8, 4) is 11.5 Å². The highest BCUT2D eigenvalue weighted by Crippen LogP contribution is 2.36. The molecule has 0 saturated carbocycles. The zero-order valence-electron chi connectivity index (χ0n) is 16.9. The molecule has 3 aromatic rings. The van der Waals surface area contributed by atoms with E-state index in [4.69, 9.17) is 4.74 Å². The van der Waals surface area contributed by atoms with E-state index in [1.165, 1.54) is 34.0 Å². The molecule has 1 aromatic carbocycles. The zero-order chi connectivity index (χ0) is 22.2. The monoisotopic (exact) mass is 434 g/mol. The molecule has 0 aliphatic carbocycles. The fourth-order valence-corrected chi connectivity index (χ4v) is 4.01. The smallest absolute Gasteiger partial charge is 0.278 e. The molecule has 0 radical (unpaired) electrons. The molecule has 4 heterocycles. The average Bonchev–Trinajstić information content (AvgIpc) is 2.82. The van der Waals surface area contributed by atoms with Gasteiger partial charge in [0.2, 0.25) is 5.43 Å². The van der Waals surface area contributed by atoms with Crippen LogP contribution >= 0.6 is 0 Å². The van der Waals surface area contributed by atoms with Crippen molar-refractivity contribution in [1.29, 1.82) is 0 Å². The molecule has 1 atom stereocenters. The van der Waals surface area contributed by atoms with E-state index in [2.05, 4.69) is 4.98 Å². The maximum atomic E-state index is 14.1. The molecule has 2 aromatic heterocycles. The lowest BCUT2D eigenvalue weighted by atomic mass is 10.0. The van der Waals surface area contributed by atoms with Gasteiger partial charge in [-0.1, -0.05) is 12.1 Å². The van der Waals surface area contributed by atoms with Gasteiger partial charge in [0.25, 0.3) is 5.91 Å². The molecule has 9 heteroatoms. The number of pyridine rings is 2. The standard InChI is InChI=1S/C23H19FN4O4/c24-15-6-7-16-19(13-15)32-12-4-3-10-26-14-28(20(16)17-5-1-2-9-25-17)27-11-8-18(29)22(30)21(27)23(26)31/h1-9,11,13,20,30H,10,12,14H2/b4-3-/t20-/m0/s1. The normalized spacial score (nSPS) is 18.8. The lowest BCUT2D eigenvalue weighted by molar-refractivity contribution is 0.0701. The molecular weight excluding hydrogens is 415 g/mol. The van der Waals surface area contributed by atoms with E-state index >= 15 is 0 Å². The number of ether oxygens (including phenoxy) is 1. The first-order valence-corrected chi connectivity index (χ1v) is 10.0. The second kappa shape index (κ2) is 7.84. The fourth-order valence-electron chi connectivity index (χ4n) is 4.01. The number of carbonyl (C=O) groups is 1. The van der Waals surface area contributed by atoms with Gasteiger partial charge in [-0.25, -0.2) is 4.39 Å². The topological polar surface area (TPSA) is 87.9 Å². The van der Waals surface area contributed by atoms with Gasteiger partial charge in [0.1, 0.15) is 30.9 Å². The van der Waals surface area contributed by atoms with Gasteiger partial charge >= 0.3 is 0 Å². The van der Waals surface area contributed by atoms with Gasteiger partial charge in [0.15, 0.2) is 11.4 Å². The Labute approximate surface area is 182 Å². The number of amides is 1. The van der Waals surface area contributed by atoms with Gasteiger partial charge in [-0.2, -0.15) is 0 Å². The molecule has 0 spiro atoms. The van der Waals surface area contributed by atoms with Crippen molar-refractivity contribution in [2.75, 3.05) is 24.8 Å². The van der Waals surface area contributed by atoms with Gasteiger partial charge in [-0.15, -0.1) is 0 Å². The highest BCUT2D eigenvalue weighted by Gasteiger charge is 2.37. The summed E-state index contributed by atoms with van der Waals surface area (Å²) < 4.78 is 21.4. The minimum Gasteiger partial charge on any atom is -0.502 e. The SMILES string of the molecule is O=C1c2c(O)c(=O)ccn2N2CN1C/C=C\COc1cc(F)ccc1[C@H]2c1ccccn1. The Balaban J connectivity index is 1.80. The summed E-state index contributed by atoms with van der Waals surface area (Å²) in [6, 6.07) is 10.3. The third-order valence-electron chi connectivity index (χ3n) is 5.50. The molecule has 1 N–H and O–H groups in total. The van der Waals surface area contributed by atoms with Crippen LogP contribution in [-0.4, -0.2) is 45.4 Å². The molecule has 2 aliphatic rings. The summed E-state index contributed by atoms with van der Waals surface area (Å²) in [7, 11) is 0. The number of carbonyl (C=O) groups excluding carboxylic acids is 1. The minimum atomic E-state index is -0.647. The van der Waals surface area contributed by atoms with Crippen LogP contribution in [0.5, 0.6) is 11.5 Å². The van der Waals surface area contributed by atoms with E-state index in [1.54, 1.807) is 35.5 Å². The van der Waals surface area contributed by atoms with Crippen molar-refractivity contribution < 1.29 is 19.0 Å². The molecule has 32 heavy (non-hydrogen) atoms. The quantitative estimate of drug-likeness (QED) is 0.591. The summed E-state index contributed by atoms with van der Waals surface area (Å²) in [5, 5.41) is 12.3. The Bertz CT molecular complexity index is 1270. The highest BCUT2D eigenvalue weighted by molar-refractivity contribution is 5.96. The number of hydrogen-bond donors (Lipinski definition) is 1. The van der Waals surface area contributed by atoms with E-state index in [0.717, 1.165) is 0 Å². The number of aromatic hydroxyl groups is 1. The van der Waals surface area contributed by atoms with Crippen LogP contribution in [-0.2, 0) is 0 Å². The van der Waals surface area contributed by atoms with Gasteiger partial charge < -0.3 is 14.7 Å². The van der Waals surface area contributed by atoms with Crippen molar-refractivity contribution in [3.63, 3.8) is 0 Å². The predicted octanol–water partition coefficient (Wildman–Crippen LogP) is 2.18.